The van der Waals surface area contributed by atoms with E-state index in [1.54, 1.807) is 12.1 Å². The normalized spacial score (nSPS) is 30.8. The first-order chi connectivity index (χ1) is 12.0. The van der Waals surface area contributed by atoms with Gasteiger partial charge in [-0.3, -0.25) is 9.79 Å². The number of benzene rings is 1. The fourth-order valence-electron chi connectivity index (χ4n) is 3.03. The topological polar surface area (TPSA) is 94.0 Å². The fourth-order valence-corrected chi connectivity index (χ4v) is 4.54. The van der Waals surface area contributed by atoms with Crippen molar-refractivity contribution in [1.29, 1.82) is 0 Å². The number of hydrogen-bond donors (Lipinski definition) is 4. The van der Waals surface area contributed by atoms with Gasteiger partial charge >= 0.3 is 0 Å². The molecule has 0 radical (unpaired) electrons. The van der Waals surface area contributed by atoms with Crippen molar-refractivity contribution in [3.8, 4) is 12.3 Å². The first kappa shape index (κ1) is 18.1. The first-order valence-electron chi connectivity index (χ1n) is 7.84. The van der Waals surface area contributed by atoms with Crippen LogP contribution in [-0.2, 0) is 4.79 Å². The van der Waals surface area contributed by atoms with Crippen LogP contribution in [0.1, 0.15) is 6.42 Å². The molecule has 1 heterocycles. The van der Waals surface area contributed by atoms with E-state index in [9.17, 15) is 15.0 Å². The second-order valence-corrected chi connectivity index (χ2v) is 7.56. The SMILES string of the molecule is C#CCNC(=O)C1CC(O)C(O)C2N=C(Nc3ccc(Cl)cc3)SC12. The zero-order valence-electron chi connectivity index (χ0n) is 13.2. The van der Waals surface area contributed by atoms with Gasteiger partial charge in [-0.2, -0.15) is 0 Å². The Balaban J connectivity index is 1.75. The number of aliphatic hydroxyl groups is 2. The number of aliphatic imine (C=N–C) groups is 1. The second-order valence-electron chi connectivity index (χ2n) is 5.96. The fraction of sp³-hybridized carbons (Fsp3) is 0.412. The summed E-state index contributed by atoms with van der Waals surface area (Å²) >= 11 is 7.27. The predicted octanol–water partition coefficient (Wildman–Crippen LogP) is 1.08. The molecule has 5 atom stereocenters. The van der Waals surface area contributed by atoms with Gasteiger partial charge in [0, 0.05) is 16.0 Å². The van der Waals surface area contributed by atoms with Crippen molar-refractivity contribution in [2.45, 2.75) is 29.9 Å². The van der Waals surface area contributed by atoms with Gasteiger partial charge in [-0.05, 0) is 30.7 Å². The molecule has 6 nitrogen and oxygen atoms in total. The van der Waals surface area contributed by atoms with Crippen LogP contribution >= 0.6 is 23.4 Å². The van der Waals surface area contributed by atoms with Gasteiger partial charge in [-0.1, -0.05) is 29.3 Å². The second kappa shape index (κ2) is 7.67. The monoisotopic (exact) mass is 379 g/mol. The van der Waals surface area contributed by atoms with Crippen molar-refractivity contribution >= 4 is 40.1 Å². The number of anilines is 1. The molecule has 0 saturated heterocycles. The number of amidine groups is 1. The Kier molecular flexibility index (Phi) is 5.54. The molecular formula is C17H18ClN3O3S. The van der Waals surface area contributed by atoms with E-state index in [0.717, 1.165) is 5.69 Å². The summed E-state index contributed by atoms with van der Waals surface area (Å²) in [6.45, 7) is 0.132. The molecule has 2 aliphatic rings. The third-order valence-corrected chi connectivity index (χ3v) is 5.85. The molecule has 3 rings (SSSR count). The van der Waals surface area contributed by atoms with E-state index in [2.05, 4.69) is 21.5 Å². The van der Waals surface area contributed by atoms with Crippen molar-refractivity contribution in [2.24, 2.45) is 10.9 Å². The highest BCUT2D eigenvalue weighted by Gasteiger charge is 2.50. The third-order valence-electron chi connectivity index (χ3n) is 4.28. The number of rotatable bonds is 3. The average molecular weight is 380 g/mol. The minimum absolute atomic E-state index is 0.132. The van der Waals surface area contributed by atoms with Gasteiger partial charge in [-0.15, -0.1) is 6.42 Å². The van der Waals surface area contributed by atoms with E-state index in [1.165, 1.54) is 11.8 Å². The number of aliphatic hydroxyl groups excluding tert-OH is 2. The van der Waals surface area contributed by atoms with Gasteiger partial charge in [0.2, 0.25) is 5.91 Å². The molecule has 1 aromatic rings. The Morgan fingerprint density at radius 3 is 2.80 bits per heavy atom. The number of terminal acetylenes is 1. The van der Waals surface area contributed by atoms with E-state index in [-0.39, 0.29) is 24.1 Å². The van der Waals surface area contributed by atoms with Gasteiger partial charge < -0.3 is 20.8 Å². The van der Waals surface area contributed by atoms with Crippen LogP contribution in [0.25, 0.3) is 0 Å². The minimum Gasteiger partial charge on any atom is -0.390 e. The van der Waals surface area contributed by atoms with Crippen molar-refractivity contribution in [2.75, 3.05) is 11.9 Å². The van der Waals surface area contributed by atoms with Gasteiger partial charge in [0.25, 0.3) is 0 Å². The summed E-state index contributed by atoms with van der Waals surface area (Å²) in [6, 6.07) is 6.59. The number of carbonyl (C=O) groups excluding carboxylic acids is 1. The lowest BCUT2D eigenvalue weighted by Crippen LogP contribution is -2.54. The minimum atomic E-state index is -1.00. The van der Waals surface area contributed by atoms with Crippen LogP contribution in [-0.4, -0.2) is 51.3 Å². The predicted molar refractivity (Wildman–Crippen MR) is 99.6 cm³/mol. The van der Waals surface area contributed by atoms with Crippen LogP contribution in [0.2, 0.25) is 5.02 Å². The molecule has 8 heteroatoms. The quantitative estimate of drug-likeness (QED) is 0.590. The molecule has 25 heavy (non-hydrogen) atoms. The molecule has 1 aliphatic heterocycles. The van der Waals surface area contributed by atoms with Gasteiger partial charge in [0.05, 0.1) is 24.6 Å². The zero-order valence-corrected chi connectivity index (χ0v) is 14.8. The molecule has 0 spiro atoms. The number of fused-ring (bicyclic) bond motifs is 1. The standard InChI is InChI=1S/C17H18ClN3O3S/c1-2-7-19-16(24)11-8-12(22)14(23)13-15(11)25-17(21-13)20-10-5-3-9(18)4-6-10/h1,3-6,11-15,22-23H,7-8H2,(H,19,24)(H,20,21). The lowest BCUT2D eigenvalue weighted by Gasteiger charge is -2.37. The van der Waals surface area contributed by atoms with Crippen molar-refractivity contribution in [1.82, 2.24) is 5.32 Å². The summed E-state index contributed by atoms with van der Waals surface area (Å²) in [6.07, 6.45) is 3.36. The van der Waals surface area contributed by atoms with Crippen LogP contribution in [0, 0.1) is 18.3 Å². The number of thioether (sulfide) groups is 1. The molecule has 0 aromatic heterocycles. The largest absolute Gasteiger partial charge is 0.390 e. The van der Waals surface area contributed by atoms with E-state index in [1.807, 2.05) is 12.1 Å². The molecule has 5 unspecified atom stereocenters. The molecule has 1 fully saturated rings. The summed E-state index contributed by atoms with van der Waals surface area (Å²) < 4.78 is 0. The van der Waals surface area contributed by atoms with Crippen LogP contribution in [0.5, 0.6) is 0 Å². The summed E-state index contributed by atoms with van der Waals surface area (Å²) in [5.74, 6) is 1.66. The highest BCUT2D eigenvalue weighted by Crippen LogP contribution is 2.41. The van der Waals surface area contributed by atoms with Crippen molar-refractivity contribution < 1.29 is 15.0 Å². The Bertz CT molecular complexity index is 719. The van der Waals surface area contributed by atoms with Crippen molar-refractivity contribution in [3.05, 3.63) is 29.3 Å². The lowest BCUT2D eigenvalue weighted by atomic mass is 9.81. The number of hydrogen-bond acceptors (Lipinski definition) is 6. The van der Waals surface area contributed by atoms with Crippen LogP contribution in [0.3, 0.4) is 0 Å². The van der Waals surface area contributed by atoms with Crippen LogP contribution < -0.4 is 10.6 Å². The Hall–Kier alpha value is -1.72. The first-order valence-corrected chi connectivity index (χ1v) is 9.09. The number of nitrogens with zero attached hydrogens (tertiary/aromatic N) is 1. The third kappa shape index (κ3) is 3.93. The van der Waals surface area contributed by atoms with Gasteiger partial charge in [0.1, 0.15) is 6.10 Å². The Labute approximate surface area is 155 Å². The Morgan fingerprint density at radius 1 is 1.40 bits per heavy atom. The Morgan fingerprint density at radius 2 is 2.12 bits per heavy atom. The number of halogens is 1. The molecule has 1 saturated carbocycles. The van der Waals surface area contributed by atoms with E-state index in [0.29, 0.717) is 10.2 Å². The van der Waals surface area contributed by atoms with Crippen LogP contribution in [0.15, 0.2) is 29.3 Å². The number of amides is 1. The maximum absolute atomic E-state index is 12.4. The molecule has 132 valence electrons. The maximum atomic E-state index is 12.4. The molecule has 1 aliphatic carbocycles. The van der Waals surface area contributed by atoms with E-state index >= 15 is 0 Å². The number of carbonyl (C=O) groups is 1. The highest BCUT2D eigenvalue weighted by molar-refractivity contribution is 8.15. The summed E-state index contributed by atoms with van der Waals surface area (Å²) in [4.78, 5) is 16.8. The van der Waals surface area contributed by atoms with E-state index < -0.39 is 24.2 Å². The number of nitrogens with one attached hydrogen (secondary N) is 2. The average Bonchev–Trinajstić information content (AvgIpc) is 3.02. The van der Waals surface area contributed by atoms with Crippen LogP contribution in [0.4, 0.5) is 5.69 Å². The molecule has 4 N–H and O–H groups in total. The zero-order chi connectivity index (χ0) is 18.0. The summed E-state index contributed by atoms with van der Waals surface area (Å²) in [5.41, 5.74) is 0.803. The van der Waals surface area contributed by atoms with Gasteiger partial charge in [-0.25, -0.2) is 0 Å². The summed E-state index contributed by atoms with van der Waals surface area (Å²) in [5, 5.41) is 27.1. The molecule has 1 amide bonds. The smallest absolute Gasteiger partial charge is 0.225 e. The van der Waals surface area contributed by atoms with E-state index in [4.69, 9.17) is 18.0 Å². The van der Waals surface area contributed by atoms with Crippen molar-refractivity contribution in [3.63, 3.8) is 0 Å². The highest BCUT2D eigenvalue weighted by atomic mass is 35.5. The summed E-state index contributed by atoms with van der Waals surface area (Å²) in [7, 11) is 0. The van der Waals surface area contributed by atoms with Gasteiger partial charge in [0.15, 0.2) is 5.17 Å². The molecule has 0 bridgehead atoms. The molecular weight excluding hydrogens is 362 g/mol. The maximum Gasteiger partial charge on any atom is 0.225 e. The lowest BCUT2D eigenvalue weighted by molar-refractivity contribution is -0.129. The molecule has 1 aromatic carbocycles.